The van der Waals surface area contributed by atoms with Crippen molar-refractivity contribution in [3.8, 4) is 0 Å². The lowest BCUT2D eigenvalue weighted by Crippen LogP contribution is -1.99. The number of aliphatic hydroxyl groups excluding tert-OH is 1. The number of benzene rings is 1. The molecule has 1 N–H and O–H groups in total. The quantitative estimate of drug-likeness (QED) is 0.750. The second kappa shape index (κ2) is 3.51. The second-order valence-corrected chi connectivity index (χ2v) is 3.88. The van der Waals surface area contributed by atoms with Crippen molar-refractivity contribution in [3.63, 3.8) is 0 Å². The van der Waals surface area contributed by atoms with Crippen LogP contribution in [0.3, 0.4) is 0 Å². The van der Waals surface area contributed by atoms with Gasteiger partial charge in [0.25, 0.3) is 0 Å². The molecule has 1 nitrogen and oxygen atoms in total. The van der Waals surface area contributed by atoms with Gasteiger partial charge in [-0.05, 0) is 36.3 Å². The molecular weight excluding hydrogens is 160 g/mol. The molecule has 1 atom stereocenters. The number of aryl methyl sites for hydroxylation is 1. The molecule has 0 radical (unpaired) electrons. The zero-order valence-corrected chi connectivity index (χ0v) is 8.03. The van der Waals surface area contributed by atoms with Crippen LogP contribution in [-0.2, 0) is 6.42 Å². The number of rotatable bonds is 3. The van der Waals surface area contributed by atoms with Gasteiger partial charge in [0.15, 0.2) is 0 Å². The third-order valence-corrected chi connectivity index (χ3v) is 2.80. The van der Waals surface area contributed by atoms with Crippen molar-refractivity contribution in [2.75, 3.05) is 0 Å². The van der Waals surface area contributed by atoms with E-state index in [1.807, 2.05) is 0 Å². The highest BCUT2D eigenvalue weighted by molar-refractivity contribution is 5.25. The van der Waals surface area contributed by atoms with E-state index in [0.717, 1.165) is 12.0 Å². The van der Waals surface area contributed by atoms with Crippen molar-refractivity contribution in [1.82, 2.24) is 0 Å². The third kappa shape index (κ3) is 1.92. The normalized spacial score (nSPS) is 18.6. The molecule has 1 heteroatoms. The molecule has 70 valence electrons. The Bertz CT molecular complexity index is 272. The fraction of sp³-hybridized carbons (Fsp3) is 0.500. The van der Waals surface area contributed by atoms with Crippen LogP contribution in [0.1, 0.15) is 37.0 Å². The number of hydrogen-bond acceptors (Lipinski definition) is 1. The van der Waals surface area contributed by atoms with Crippen molar-refractivity contribution in [2.24, 2.45) is 5.92 Å². The average Bonchev–Trinajstić information content (AvgIpc) is 3.00. The summed E-state index contributed by atoms with van der Waals surface area (Å²) < 4.78 is 0. The SMILES string of the molecule is CCc1ccc(C(O)C2CC2)cc1. The Balaban J connectivity index is 2.11. The molecule has 0 amide bonds. The van der Waals surface area contributed by atoms with Gasteiger partial charge in [0, 0.05) is 0 Å². The monoisotopic (exact) mass is 176 g/mol. The molecule has 0 bridgehead atoms. The van der Waals surface area contributed by atoms with Gasteiger partial charge in [-0.25, -0.2) is 0 Å². The molecule has 1 aliphatic carbocycles. The summed E-state index contributed by atoms with van der Waals surface area (Å²) >= 11 is 0. The third-order valence-electron chi connectivity index (χ3n) is 2.80. The molecule has 0 spiro atoms. The van der Waals surface area contributed by atoms with Crippen LogP contribution in [0.25, 0.3) is 0 Å². The van der Waals surface area contributed by atoms with Gasteiger partial charge in [0.1, 0.15) is 0 Å². The zero-order chi connectivity index (χ0) is 9.26. The Morgan fingerprint density at radius 3 is 2.38 bits per heavy atom. The van der Waals surface area contributed by atoms with Crippen LogP contribution in [0.2, 0.25) is 0 Å². The largest absolute Gasteiger partial charge is 0.388 e. The molecule has 0 heterocycles. The summed E-state index contributed by atoms with van der Waals surface area (Å²) in [5.41, 5.74) is 2.42. The van der Waals surface area contributed by atoms with Crippen LogP contribution >= 0.6 is 0 Å². The smallest absolute Gasteiger partial charge is 0.0818 e. The predicted molar refractivity (Wildman–Crippen MR) is 53.5 cm³/mol. The first kappa shape index (κ1) is 8.76. The first-order valence-corrected chi connectivity index (χ1v) is 5.08. The van der Waals surface area contributed by atoms with E-state index in [1.54, 1.807) is 0 Å². The Kier molecular flexibility index (Phi) is 2.36. The minimum atomic E-state index is -0.217. The van der Waals surface area contributed by atoms with E-state index in [4.69, 9.17) is 0 Å². The van der Waals surface area contributed by atoms with Crippen molar-refractivity contribution in [1.29, 1.82) is 0 Å². The number of hydrogen-bond donors (Lipinski definition) is 1. The molecule has 1 aliphatic rings. The topological polar surface area (TPSA) is 20.2 Å². The molecule has 0 aromatic heterocycles. The Labute approximate surface area is 79.4 Å². The Morgan fingerprint density at radius 1 is 1.31 bits per heavy atom. The molecule has 1 saturated carbocycles. The molecule has 0 aliphatic heterocycles. The van der Waals surface area contributed by atoms with Crippen LogP contribution in [0.15, 0.2) is 24.3 Å². The Hall–Kier alpha value is -0.820. The highest BCUT2D eigenvalue weighted by Crippen LogP contribution is 2.40. The number of aliphatic hydroxyl groups is 1. The Morgan fingerprint density at radius 2 is 1.92 bits per heavy atom. The van der Waals surface area contributed by atoms with Crippen LogP contribution in [0.4, 0.5) is 0 Å². The lowest BCUT2D eigenvalue weighted by Gasteiger charge is -2.09. The zero-order valence-electron chi connectivity index (χ0n) is 8.03. The summed E-state index contributed by atoms with van der Waals surface area (Å²) in [5, 5.41) is 9.82. The van der Waals surface area contributed by atoms with E-state index in [9.17, 15) is 5.11 Å². The van der Waals surface area contributed by atoms with E-state index in [2.05, 4.69) is 31.2 Å². The molecule has 1 aromatic rings. The van der Waals surface area contributed by atoms with Crippen molar-refractivity contribution in [2.45, 2.75) is 32.3 Å². The second-order valence-electron chi connectivity index (χ2n) is 3.88. The fourth-order valence-corrected chi connectivity index (χ4v) is 1.63. The summed E-state index contributed by atoms with van der Waals surface area (Å²) in [7, 11) is 0. The fourth-order valence-electron chi connectivity index (χ4n) is 1.63. The van der Waals surface area contributed by atoms with Crippen LogP contribution in [-0.4, -0.2) is 5.11 Å². The first-order valence-electron chi connectivity index (χ1n) is 5.08. The molecule has 1 fully saturated rings. The van der Waals surface area contributed by atoms with Gasteiger partial charge in [-0.1, -0.05) is 31.2 Å². The van der Waals surface area contributed by atoms with E-state index >= 15 is 0 Å². The van der Waals surface area contributed by atoms with Crippen molar-refractivity contribution in [3.05, 3.63) is 35.4 Å². The summed E-state index contributed by atoms with van der Waals surface area (Å²) in [5.74, 6) is 0.535. The van der Waals surface area contributed by atoms with Crippen LogP contribution < -0.4 is 0 Å². The van der Waals surface area contributed by atoms with Gasteiger partial charge in [0.05, 0.1) is 6.10 Å². The van der Waals surface area contributed by atoms with Gasteiger partial charge < -0.3 is 5.11 Å². The van der Waals surface area contributed by atoms with Crippen LogP contribution in [0.5, 0.6) is 0 Å². The van der Waals surface area contributed by atoms with E-state index < -0.39 is 0 Å². The van der Waals surface area contributed by atoms with E-state index in [1.165, 1.54) is 18.4 Å². The maximum absolute atomic E-state index is 9.82. The predicted octanol–water partition coefficient (Wildman–Crippen LogP) is 2.69. The minimum Gasteiger partial charge on any atom is -0.388 e. The van der Waals surface area contributed by atoms with Gasteiger partial charge >= 0.3 is 0 Å². The van der Waals surface area contributed by atoms with E-state index in [0.29, 0.717) is 5.92 Å². The lowest BCUT2D eigenvalue weighted by molar-refractivity contribution is 0.154. The maximum Gasteiger partial charge on any atom is 0.0818 e. The van der Waals surface area contributed by atoms with Crippen LogP contribution in [0, 0.1) is 5.92 Å². The molecule has 13 heavy (non-hydrogen) atoms. The average molecular weight is 176 g/mol. The first-order chi connectivity index (χ1) is 6.31. The van der Waals surface area contributed by atoms with Gasteiger partial charge in [-0.2, -0.15) is 0 Å². The standard InChI is InChI=1S/C12H16O/c1-2-9-3-5-10(6-4-9)12(13)11-7-8-11/h3-6,11-13H,2,7-8H2,1H3. The highest BCUT2D eigenvalue weighted by Gasteiger charge is 2.30. The molecule has 2 rings (SSSR count). The summed E-state index contributed by atoms with van der Waals surface area (Å²) in [6.07, 6.45) is 3.23. The summed E-state index contributed by atoms with van der Waals surface area (Å²) in [6.45, 7) is 2.15. The molecule has 0 saturated heterocycles. The lowest BCUT2D eigenvalue weighted by atomic mass is 10.0. The summed E-state index contributed by atoms with van der Waals surface area (Å²) in [4.78, 5) is 0. The van der Waals surface area contributed by atoms with Crippen molar-refractivity contribution < 1.29 is 5.11 Å². The van der Waals surface area contributed by atoms with Gasteiger partial charge in [0.2, 0.25) is 0 Å². The molecular formula is C12H16O. The van der Waals surface area contributed by atoms with E-state index in [-0.39, 0.29) is 6.10 Å². The van der Waals surface area contributed by atoms with Gasteiger partial charge in [-0.15, -0.1) is 0 Å². The highest BCUT2D eigenvalue weighted by atomic mass is 16.3. The summed E-state index contributed by atoms with van der Waals surface area (Å²) in [6, 6.07) is 8.34. The molecule has 1 unspecified atom stereocenters. The minimum absolute atomic E-state index is 0.217. The van der Waals surface area contributed by atoms with Crippen molar-refractivity contribution >= 4 is 0 Å². The van der Waals surface area contributed by atoms with Gasteiger partial charge in [-0.3, -0.25) is 0 Å². The maximum atomic E-state index is 9.82. The molecule has 1 aromatic carbocycles.